The molecular formula is C15H14BrClO2. The minimum absolute atomic E-state index is 0.498. The second-order valence-corrected chi connectivity index (χ2v) is 5.67. The number of ether oxygens (including phenoxy) is 1. The molecule has 0 spiro atoms. The largest absolute Gasteiger partial charge is 0.456 e. The molecule has 19 heavy (non-hydrogen) atoms. The lowest BCUT2D eigenvalue weighted by Crippen LogP contribution is -1.93. The molecule has 0 saturated heterocycles. The van der Waals surface area contributed by atoms with E-state index in [0.717, 1.165) is 21.3 Å². The molecule has 2 aromatic carbocycles. The first kappa shape index (κ1) is 14.4. The highest BCUT2D eigenvalue weighted by Gasteiger charge is 2.08. The first-order chi connectivity index (χ1) is 8.97. The fraction of sp³-hybridized carbons (Fsp3) is 0.200. The summed E-state index contributed by atoms with van der Waals surface area (Å²) in [6.07, 6.45) is -0.498. The Labute approximate surface area is 126 Å². The third kappa shape index (κ3) is 3.50. The molecule has 1 atom stereocenters. The van der Waals surface area contributed by atoms with Gasteiger partial charge in [-0.1, -0.05) is 17.7 Å². The van der Waals surface area contributed by atoms with E-state index in [1.54, 1.807) is 13.0 Å². The zero-order chi connectivity index (χ0) is 14.0. The van der Waals surface area contributed by atoms with Crippen molar-refractivity contribution in [2.75, 3.05) is 0 Å². The van der Waals surface area contributed by atoms with Gasteiger partial charge in [0.25, 0.3) is 0 Å². The second-order valence-electron chi connectivity index (χ2n) is 4.38. The van der Waals surface area contributed by atoms with Crippen LogP contribution in [0.2, 0.25) is 5.02 Å². The number of hydrogen-bond acceptors (Lipinski definition) is 2. The van der Waals surface area contributed by atoms with Crippen molar-refractivity contribution in [3.8, 4) is 11.5 Å². The highest BCUT2D eigenvalue weighted by Crippen LogP contribution is 2.33. The topological polar surface area (TPSA) is 29.5 Å². The van der Waals surface area contributed by atoms with Crippen LogP contribution in [0.5, 0.6) is 11.5 Å². The van der Waals surface area contributed by atoms with E-state index >= 15 is 0 Å². The average Bonchev–Trinajstić information content (AvgIpc) is 2.34. The lowest BCUT2D eigenvalue weighted by atomic mass is 10.1. The van der Waals surface area contributed by atoms with Gasteiger partial charge >= 0.3 is 0 Å². The molecule has 0 unspecified atom stereocenters. The van der Waals surface area contributed by atoms with Gasteiger partial charge in [0, 0.05) is 5.02 Å². The number of rotatable bonds is 3. The smallest absolute Gasteiger partial charge is 0.141 e. The molecule has 100 valence electrons. The van der Waals surface area contributed by atoms with Gasteiger partial charge in [-0.25, -0.2) is 0 Å². The molecule has 2 nitrogen and oxygen atoms in total. The van der Waals surface area contributed by atoms with Gasteiger partial charge in [0.1, 0.15) is 11.5 Å². The van der Waals surface area contributed by atoms with Crippen LogP contribution in [0.15, 0.2) is 40.9 Å². The third-order valence-corrected chi connectivity index (χ3v) is 3.65. The molecule has 0 saturated carbocycles. The summed E-state index contributed by atoms with van der Waals surface area (Å²) in [6, 6.07) is 11.0. The van der Waals surface area contributed by atoms with Gasteiger partial charge in [0.05, 0.1) is 10.6 Å². The Bertz CT molecular complexity index is 597. The van der Waals surface area contributed by atoms with Crippen LogP contribution < -0.4 is 4.74 Å². The zero-order valence-electron chi connectivity index (χ0n) is 10.7. The summed E-state index contributed by atoms with van der Waals surface area (Å²) in [4.78, 5) is 0. The van der Waals surface area contributed by atoms with Crippen molar-refractivity contribution >= 4 is 27.5 Å². The summed E-state index contributed by atoms with van der Waals surface area (Å²) in [5.41, 5.74) is 1.81. The minimum atomic E-state index is -0.498. The molecule has 0 radical (unpaired) electrons. The molecular weight excluding hydrogens is 328 g/mol. The standard InChI is InChI=1S/C15H14BrClO2/c1-9-7-12(17)4-6-14(9)19-15-5-3-11(10(2)18)8-13(15)16/h3-8,10,18H,1-2H3/t10-/m0/s1. The van der Waals surface area contributed by atoms with Crippen molar-refractivity contribution in [1.82, 2.24) is 0 Å². The zero-order valence-corrected chi connectivity index (χ0v) is 13.0. The maximum absolute atomic E-state index is 9.53. The molecule has 0 aliphatic heterocycles. The van der Waals surface area contributed by atoms with E-state index in [9.17, 15) is 5.11 Å². The monoisotopic (exact) mass is 340 g/mol. The van der Waals surface area contributed by atoms with Gasteiger partial charge in [-0.15, -0.1) is 0 Å². The molecule has 0 heterocycles. The Morgan fingerprint density at radius 2 is 1.84 bits per heavy atom. The van der Waals surface area contributed by atoms with Crippen LogP contribution in [0.25, 0.3) is 0 Å². The van der Waals surface area contributed by atoms with Gasteiger partial charge in [-0.3, -0.25) is 0 Å². The highest BCUT2D eigenvalue weighted by atomic mass is 79.9. The van der Waals surface area contributed by atoms with Crippen LogP contribution in [0.3, 0.4) is 0 Å². The summed E-state index contributed by atoms with van der Waals surface area (Å²) in [5.74, 6) is 1.46. The van der Waals surface area contributed by atoms with Crippen LogP contribution in [0.1, 0.15) is 24.2 Å². The molecule has 2 rings (SSSR count). The highest BCUT2D eigenvalue weighted by molar-refractivity contribution is 9.10. The molecule has 1 N–H and O–H groups in total. The number of aliphatic hydroxyl groups is 1. The lowest BCUT2D eigenvalue weighted by Gasteiger charge is -2.12. The Kier molecular flexibility index (Phi) is 4.50. The van der Waals surface area contributed by atoms with E-state index in [1.165, 1.54) is 0 Å². The number of aryl methyl sites for hydroxylation is 1. The van der Waals surface area contributed by atoms with Gasteiger partial charge in [0.2, 0.25) is 0 Å². The van der Waals surface area contributed by atoms with Crippen LogP contribution >= 0.6 is 27.5 Å². The van der Waals surface area contributed by atoms with Crippen molar-refractivity contribution in [2.24, 2.45) is 0 Å². The Morgan fingerprint density at radius 1 is 1.16 bits per heavy atom. The SMILES string of the molecule is Cc1cc(Cl)ccc1Oc1ccc([C@H](C)O)cc1Br. The van der Waals surface area contributed by atoms with Gasteiger partial charge in [0.15, 0.2) is 0 Å². The fourth-order valence-electron chi connectivity index (χ4n) is 1.71. The van der Waals surface area contributed by atoms with Gasteiger partial charge in [-0.2, -0.15) is 0 Å². The molecule has 0 aliphatic rings. The number of aliphatic hydroxyl groups excluding tert-OH is 1. The van der Waals surface area contributed by atoms with E-state index < -0.39 is 6.10 Å². The molecule has 0 bridgehead atoms. The molecule has 0 fully saturated rings. The summed E-state index contributed by atoms with van der Waals surface area (Å²) in [6.45, 7) is 3.67. The number of hydrogen-bond donors (Lipinski definition) is 1. The van der Waals surface area contributed by atoms with Crippen molar-refractivity contribution in [2.45, 2.75) is 20.0 Å². The predicted octanol–water partition coefficient (Wildman–Crippen LogP) is 5.26. The maximum atomic E-state index is 9.53. The normalized spacial score (nSPS) is 12.3. The summed E-state index contributed by atoms with van der Waals surface area (Å²) < 4.78 is 6.65. The van der Waals surface area contributed by atoms with Crippen LogP contribution in [-0.4, -0.2) is 5.11 Å². The summed E-state index contributed by atoms with van der Waals surface area (Å²) in [7, 11) is 0. The van der Waals surface area contributed by atoms with Gasteiger partial charge < -0.3 is 9.84 Å². The molecule has 4 heteroatoms. The van der Waals surface area contributed by atoms with Crippen LogP contribution in [0, 0.1) is 6.92 Å². The number of halogens is 2. The van der Waals surface area contributed by atoms with Crippen molar-refractivity contribution in [3.63, 3.8) is 0 Å². The molecule has 2 aromatic rings. The molecule has 0 aromatic heterocycles. The van der Waals surface area contributed by atoms with E-state index in [1.807, 2.05) is 37.3 Å². The first-order valence-electron chi connectivity index (χ1n) is 5.89. The maximum Gasteiger partial charge on any atom is 0.141 e. The Hall–Kier alpha value is -1.03. The Morgan fingerprint density at radius 3 is 2.42 bits per heavy atom. The van der Waals surface area contributed by atoms with E-state index in [4.69, 9.17) is 16.3 Å². The second kappa shape index (κ2) is 5.95. The average molecular weight is 342 g/mol. The van der Waals surface area contributed by atoms with Crippen molar-refractivity contribution < 1.29 is 9.84 Å². The quantitative estimate of drug-likeness (QED) is 0.825. The van der Waals surface area contributed by atoms with E-state index in [2.05, 4.69) is 15.9 Å². The van der Waals surface area contributed by atoms with E-state index in [-0.39, 0.29) is 0 Å². The number of benzene rings is 2. The van der Waals surface area contributed by atoms with Crippen LogP contribution in [-0.2, 0) is 0 Å². The van der Waals surface area contributed by atoms with Crippen molar-refractivity contribution in [3.05, 3.63) is 57.0 Å². The lowest BCUT2D eigenvalue weighted by molar-refractivity contribution is 0.199. The van der Waals surface area contributed by atoms with Crippen LogP contribution in [0.4, 0.5) is 0 Å². The fourth-order valence-corrected chi connectivity index (χ4v) is 2.41. The summed E-state index contributed by atoms with van der Waals surface area (Å²) >= 11 is 9.36. The predicted molar refractivity (Wildman–Crippen MR) is 81.0 cm³/mol. The molecule has 0 amide bonds. The third-order valence-electron chi connectivity index (χ3n) is 2.80. The van der Waals surface area contributed by atoms with Crippen molar-refractivity contribution in [1.29, 1.82) is 0 Å². The van der Waals surface area contributed by atoms with Gasteiger partial charge in [-0.05, 0) is 71.2 Å². The molecule has 0 aliphatic carbocycles. The first-order valence-corrected chi connectivity index (χ1v) is 7.06. The minimum Gasteiger partial charge on any atom is -0.456 e. The summed E-state index contributed by atoms with van der Waals surface area (Å²) in [5, 5.41) is 10.2. The Balaban J connectivity index is 2.28. The van der Waals surface area contributed by atoms with E-state index in [0.29, 0.717) is 10.8 Å².